The second-order valence-electron chi connectivity index (χ2n) is 6.38. The summed E-state index contributed by atoms with van der Waals surface area (Å²) < 4.78 is 11.3. The quantitative estimate of drug-likeness (QED) is 0.524. The predicted octanol–water partition coefficient (Wildman–Crippen LogP) is 2.41. The lowest BCUT2D eigenvalue weighted by atomic mass is 10.2. The van der Waals surface area contributed by atoms with Crippen LogP contribution in [0.3, 0.4) is 0 Å². The van der Waals surface area contributed by atoms with Crippen molar-refractivity contribution in [1.82, 2.24) is 10.3 Å². The van der Waals surface area contributed by atoms with Crippen LogP contribution in [-0.2, 0) is 4.79 Å². The molecule has 0 bridgehead atoms. The van der Waals surface area contributed by atoms with Crippen LogP contribution in [-0.4, -0.2) is 54.8 Å². The molecule has 0 radical (unpaired) electrons. The van der Waals surface area contributed by atoms with Crippen LogP contribution >= 0.6 is 0 Å². The summed E-state index contributed by atoms with van der Waals surface area (Å²) >= 11 is 0. The number of hydrogen-bond donors (Lipinski definition) is 2. The fourth-order valence-electron chi connectivity index (χ4n) is 2.45. The molecule has 0 spiro atoms. The molecule has 2 amide bonds. The Morgan fingerprint density at radius 1 is 1.21 bits per heavy atom. The molecule has 8 heteroatoms. The number of carbonyl (C=O) groups excluding carboxylic acids is 2. The van der Waals surface area contributed by atoms with E-state index in [1.807, 2.05) is 6.92 Å². The SMILES string of the molecule is CCOc1cc(/C=N\NC(=O)c2cccc(O)c2)ccc1O[C@@H](C)C(=O)N(C)C. The molecule has 0 fully saturated rings. The first-order valence-electron chi connectivity index (χ1n) is 9.09. The van der Waals surface area contributed by atoms with E-state index in [0.29, 0.717) is 29.2 Å². The first kappa shape index (κ1) is 21.7. The monoisotopic (exact) mass is 399 g/mol. The van der Waals surface area contributed by atoms with E-state index >= 15 is 0 Å². The number of rotatable bonds is 8. The number of nitrogens with one attached hydrogen (secondary N) is 1. The smallest absolute Gasteiger partial charge is 0.271 e. The van der Waals surface area contributed by atoms with Gasteiger partial charge in [-0.3, -0.25) is 9.59 Å². The number of hydrogen-bond acceptors (Lipinski definition) is 6. The molecule has 0 unspecified atom stereocenters. The highest BCUT2D eigenvalue weighted by Crippen LogP contribution is 2.29. The van der Waals surface area contributed by atoms with Crippen LogP contribution in [0.4, 0.5) is 0 Å². The number of phenolic OH excluding ortho intramolecular Hbond substituents is 1. The maximum absolute atomic E-state index is 12.0. The van der Waals surface area contributed by atoms with Gasteiger partial charge in [0.15, 0.2) is 17.6 Å². The molecule has 0 saturated heterocycles. The minimum absolute atomic E-state index is 0.000510. The third kappa shape index (κ3) is 6.24. The third-order valence-electron chi connectivity index (χ3n) is 3.85. The standard InChI is InChI=1S/C21H25N3O5/c1-5-28-19-11-15(9-10-18(19)29-14(2)21(27)24(3)4)13-22-23-20(26)16-7-6-8-17(25)12-16/h6-14,25H,5H2,1-4H3,(H,23,26)/b22-13-/t14-/m0/s1. The van der Waals surface area contributed by atoms with E-state index < -0.39 is 12.0 Å². The van der Waals surface area contributed by atoms with E-state index in [9.17, 15) is 14.7 Å². The molecule has 1 atom stereocenters. The Morgan fingerprint density at radius 2 is 1.97 bits per heavy atom. The Bertz CT molecular complexity index is 896. The number of amides is 2. The summed E-state index contributed by atoms with van der Waals surface area (Å²) in [5.74, 6) is 0.302. The lowest BCUT2D eigenvalue weighted by molar-refractivity contribution is -0.135. The van der Waals surface area contributed by atoms with Crippen molar-refractivity contribution in [3.8, 4) is 17.2 Å². The molecular formula is C21H25N3O5. The zero-order chi connectivity index (χ0) is 21.4. The fourth-order valence-corrected chi connectivity index (χ4v) is 2.45. The highest BCUT2D eigenvalue weighted by Gasteiger charge is 2.18. The summed E-state index contributed by atoms with van der Waals surface area (Å²) in [6.07, 6.45) is 0.798. The van der Waals surface area contributed by atoms with Crippen molar-refractivity contribution in [2.24, 2.45) is 5.10 Å². The Kier molecular flexibility index (Phi) is 7.59. The first-order chi connectivity index (χ1) is 13.8. The predicted molar refractivity (Wildman–Crippen MR) is 110 cm³/mol. The van der Waals surface area contributed by atoms with Crippen LogP contribution in [0.1, 0.15) is 29.8 Å². The molecule has 0 saturated carbocycles. The van der Waals surface area contributed by atoms with Crippen LogP contribution < -0.4 is 14.9 Å². The van der Waals surface area contributed by atoms with Crippen LogP contribution in [0.15, 0.2) is 47.6 Å². The molecule has 2 rings (SSSR count). The van der Waals surface area contributed by atoms with Gasteiger partial charge in [-0.1, -0.05) is 6.07 Å². The second kappa shape index (κ2) is 10.1. The van der Waals surface area contributed by atoms with Gasteiger partial charge in [0.25, 0.3) is 11.8 Å². The zero-order valence-electron chi connectivity index (χ0n) is 16.9. The van der Waals surface area contributed by atoms with E-state index in [1.54, 1.807) is 51.4 Å². The summed E-state index contributed by atoms with van der Waals surface area (Å²) in [5, 5.41) is 13.4. The summed E-state index contributed by atoms with van der Waals surface area (Å²) in [6, 6.07) is 11.1. The fraction of sp³-hybridized carbons (Fsp3) is 0.286. The Labute approximate surface area is 169 Å². The summed E-state index contributed by atoms with van der Waals surface area (Å²) in [5.41, 5.74) is 3.36. The number of likely N-dealkylation sites (N-methyl/N-ethyl adjacent to an activating group) is 1. The molecule has 0 aliphatic carbocycles. The number of hydrazone groups is 1. The van der Waals surface area contributed by atoms with Gasteiger partial charge in [-0.15, -0.1) is 0 Å². The van der Waals surface area contributed by atoms with Gasteiger partial charge >= 0.3 is 0 Å². The van der Waals surface area contributed by atoms with Gasteiger partial charge in [0.05, 0.1) is 12.8 Å². The van der Waals surface area contributed by atoms with Gasteiger partial charge in [-0.2, -0.15) is 5.10 Å². The Morgan fingerprint density at radius 3 is 2.62 bits per heavy atom. The van der Waals surface area contributed by atoms with Gasteiger partial charge in [0.2, 0.25) is 0 Å². The summed E-state index contributed by atoms with van der Waals surface area (Å²) in [6.45, 7) is 3.93. The van der Waals surface area contributed by atoms with Crippen LogP contribution in [0, 0.1) is 0 Å². The average molecular weight is 399 g/mol. The second-order valence-corrected chi connectivity index (χ2v) is 6.38. The van der Waals surface area contributed by atoms with Crippen molar-refractivity contribution >= 4 is 18.0 Å². The molecule has 29 heavy (non-hydrogen) atoms. The van der Waals surface area contributed by atoms with Crippen molar-refractivity contribution < 1.29 is 24.2 Å². The van der Waals surface area contributed by atoms with Gasteiger partial charge in [-0.05, 0) is 55.8 Å². The van der Waals surface area contributed by atoms with Crippen LogP contribution in [0.25, 0.3) is 0 Å². The molecule has 0 aromatic heterocycles. The molecular weight excluding hydrogens is 374 g/mol. The largest absolute Gasteiger partial charge is 0.508 e. The van der Waals surface area contributed by atoms with E-state index in [1.165, 1.54) is 23.2 Å². The maximum atomic E-state index is 12.0. The third-order valence-corrected chi connectivity index (χ3v) is 3.85. The van der Waals surface area contributed by atoms with E-state index in [0.717, 1.165) is 0 Å². The average Bonchev–Trinajstić information content (AvgIpc) is 2.69. The van der Waals surface area contributed by atoms with Crippen LogP contribution in [0.5, 0.6) is 17.2 Å². The molecule has 0 aliphatic rings. The van der Waals surface area contributed by atoms with E-state index in [-0.39, 0.29) is 11.7 Å². The Balaban J connectivity index is 2.09. The van der Waals surface area contributed by atoms with Crippen molar-refractivity contribution in [3.05, 3.63) is 53.6 Å². The zero-order valence-corrected chi connectivity index (χ0v) is 16.9. The maximum Gasteiger partial charge on any atom is 0.271 e. The molecule has 2 aromatic rings. The number of aromatic hydroxyl groups is 1. The van der Waals surface area contributed by atoms with Crippen molar-refractivity contribution in [2.45, 2.75) is 20.0 Å². The molecule has 2 aromatic carbocycles. The number of carbonyl (C=O) groups is 2. The van der Waals surface area contributed by atoms with Crippen LogP contribution in [0.2, 0.25) is 0 Å². The van der Waals surface area contributed by atoms with Gasteiger partial charge in [-0.25, -0.2) is 5.43 Å². The van der Waals surface area contributed by atoms with Gasteiger partial charge in [0.1, 0.15) is 5.75 Å². The topological polar surface area (TPSA) is 100 Å². The first-order valence-corrected chi connectivity index (χ1v) is 9.09. The van der Waals surface area contributed by atoms with Crippen molar-refractivity contribution in [1.29, 1.82) is 0 Å². The highest BCUT2D eigenvalue weighted by atomic mass is 16.5. The van der Waals surface area contributed by atoms with Crippen molar-refractivity contribution in [2.75, 3.05) is 20.7 Å². The van der Waals surface area contributed by atoms with Crippen molar-refractivity contribution in [3.63, 3.8) is 0 Å². The van der Waals surface area contributed by atoms with Gasteiger partial charge in [0, 0.05) is 19.7 Å². The molecule has 154 valence electrons. The number of ether oxygens (including phenoxy) is 2. The van der Waals surface area contributed by atoms with E-state index in [4.69, 9.17) is 9.47 Å². The molecule has 0 aliphatic heterocycles. The Hall–Kier alpha value is -3.55. The lowest BCUT2D eigenvalue weighted by Gasteiger charge is -2.20. The minimum atomic E-state index is -0.662. The molecule has 2 N–H and O–H groups in total. The summed E-state index contributed by atoms with van der Waals surface area (Å²) in [4.78, 5) is 25.5. The molecule has 8 nitrogen and oxygen atoms in total. The molecule has 0 heterocycles. The lowest BCUT2D eigenvalue weighted by Crippen LogP contribution is -2.35. The summed E-state index contributed by atoms with van der Waals surface area (Å²) in [7, 11) is 3.33. The number of nitrogens with zero attached hydrogens (tertiary/aromatic N) is 2. The van der Waals surface area contributed by atoms with E-state index in [2.05, 4.69) is 10.5 Å². The number of phenols is 1. The minimum Gasteiger partial charge on any atom is -0.508 e. The number of benzene rings is 2. The highest BCUT2D eigenvalue weighted by molar-refractivity contribution is 5.95. The normalized spacial score (nSPS) is 11.7. The van der Waals surface area contributed by atoms with Gasteiger partial charge < -0.3 is 19.5 Å².